The Bertz CT molecular complexity index is 1290. The number of thioether (sulfide) groups is 1. The van der Waals surface area contributed by atoms with E-state index < -0.39 is 5.91 Å². The zero-order valence-electron chi connectivity index (χ0n) is 19.1. The molecular weight excluding hydrogens is 465 g/mol. The van der Waals surface area contributed by atoms with Crippen LogP contribution in [0, 0.1) is 11.7 Å². The standard InChI is InChI=1S/C26H26FN5O2S/c27-20-6-5-18-11-17(1-4-19(18)12-20)15-28-14-16-2-7-21(8-3-16)30-25-29-10-9-22(31-25)13-23-24(33)32-26(34)35-23/h1,4-6,9-13,16,21,28H,2-3,7-8,14-15H2,(H,29,30,31)(H,32,33,34)/b23-13+. The van der Waals surface area contributed by atoms with E-state index in [1.165, 1.54) is 11.6 Å². The van der Waals surface area contributed by atoms with Crippen LogP contribution in [-0.4, -0.2) is 33.7 Å². The molecule has 2 aromatic carbocycles. The molecule has 2 amide bonds. The van der Waals surface area contributed by atoms with Crippen LogP contribution in [0.3, 0.4) is 0 Å². The monoisotopic (exact) mass is 491 g/mol. The molecule has 2 fully saturated rings. The Balaban J connectivity index is 1.08. The van der Waals surface area contributed by atoms with Gasteiger partial charge in [-0.05, 0) is 96.6 Å². The third-order valence-electron chi connectivity index (χ3n) is 6.41. The second-order valence-corrected chi connectivity index (χ2v) is 9.99. The van der Waals surface area contributed by atoms with Crippen LogP contribution in [0.5, 0.6) is 0 Å². The lowest BCUT2D eigenvalue weighted by molar-refractivity contribution is -0.115. The maximum atomic E-state index is 13.4. The summed E-state index contributed by atoms with van der Waals surface area (Å²) < 4.78 is 13.4. The predicted molar refractivity (Wildman–Crippen MR) is 136 cm³/mol. The average Bonchev–Trinajstić information content (AvgIpc) is 3.16. The minimum absolute atomic E-state index is 0.208. The Morgan fingerprint density at radius 1 is 1.06 bits per heavy atom. The maximum Gasteiger partial charge on any atom is 0.290 e. The van der Waals surface area contributed by atoms with Crippen molar-refractivity contribution < 1.29 is 14.0 Å². The molecule has 1 aliphatic carbocycles. The van der Waals surface area contributed by atoms with Crippen molar-refractivity contribution in [3.05, 3.63) is 70.6 Å². The van der Waals surface area contributed by atoms with Gasteiger partial charge in [-0.2, -0.15) is 0 Å². The molecule has 1 aromatic heterocycles. The summed E-state index contributed by atoms with van der Waals surface area (Å²) in [5.41, 5.74) is 1.79. The van der Waals surface area contributed by atoms with Crippen LogP contribution < -0.4 is 16.0 Å². The van der Waals surface area contributed by atoms with Crippen molar-refractivity contribution in [2.45, 2.75) is 38.3 Å². The molecule has 7 nitrogen and oxygen atoms in total. The van der Waals surface area contributed by atoms with E-state index in [-0.39, 0.29) is 11.1 Å². The van der Waals surface area contributed by atoms with Gasteiger partial charge in [0.1, 0.15) is 5.82 Å². The van der Waals surface area contributed by atoms with Gasteiger partial charge in [0.25, 0.3) is 11.1 Å². The summed E-state index contributed by atoms with van der Waals surface area (Å²) >= 11 is 0.877. The van der Waals surface area contributed by atoms with Crippen LogP contribution in [0.4, 0.5) is 15.1 Å². The van der Waals surface area contributed by atoms with Crippen molar-refractivity contribution in [3.63, 3.8) is 0 Å². The highest BCUT2D eigenvalue weighted by Crippen LogP contribution is 2.27. The Hall–Kier alpha value is -3.30. The summed E-state index contributed by atoms with van der Waals surface area (Å²) in [6.07, 6.45) is 7.56. The van der Waals surface area contributed by atoms with Gasteiger partial charge < -0.3 is 10.6 Å². The summed E-state index contributed by atoms with van der Waals surface area (Å²) in [6.45, 7) is 1.76. The molecule has 35 heavy (non-hydrogen) atoms. The maximum absolute atomic E-state index is 13.4. The third-order valence-corrected chi connectivity index (χ3v) is 7.22. The van der Waals surface area contributed by atoms with Gasteiger partial charge in [-0.25, -0.2) is 14.4 Å². The van der Waals surface area contributed by atoms with Crippen LogP contribution in [0.15, 0.2) is 53.6 Å². The van der Waals surface area contributed by atoms with E-state index in [9.17, 15) is 14.0 Å². The molecule has 1 saturated carbocycles. The number of rotatable bonds is 7. The quantitative estimate of drug-likeness (QED) is 0.407. The molecular formula is C26H26FN5O2S. The number of imide groups is 1. The minimum Gasteiger partial charge on any atom is -0.351 e. The van der Waals surface area contributed by atoms with Crippen LogP contribution in [0.1, 0.15) is 36.9 Å². The molecule has 0 spiro atoms. The first-order valence-electron chi connectivity index (χ1n) is 11.8. The Morgan fingerprint density at radius 2 is 1.86 bits per heavy atom. The molecule has 9 heteroatoms. The lowest BCUT2D eigenvalue weighted by Gasteiger charge is -2.29. The van der Waals surface area contributed by atoms with E-state index in [2.05, 4.69) is 38.1 Å². The van der Waals surface area contributed by atoms with Gasteiger partial charge in [0, 0.05) is 18.8 Å². The number of hydrogen-bond acceptors (Lipinski definition) is 7. The summed E-state index contributed by atoms with van der Waals surface area (Å²) in [5.74, 6) is 0.554. The lowest BCUT2D eigenvalue weighted by Crippen LogP contribution is -2.31. The molecule has 3 N–H and O–H groups in total. The highest BCUT2D eigenvalue weighted by molar-refractivity contribution is 8.18. The first-order valence-corrected chi connectivity index (χ1v) is 12.6. The fourth-order valence-corrected chi connectivity index (χ4v) is 5.23. The Morgan fingerprint density at radius 3 is 2.66 bits per heavy atom. The molecule has 2 aliphatic rings. The second-order valence-electron chi connectivity index (χ2n) is 8.98. The van der Waals surface area contributed by atoms with Crippen molar-refractivity contribution in [1.29, 1.82) is 0 Å². The zero-order chi connectivity index (χ0) is 24.2. The molecule has 2 heterocycles. The SMILES string of the molecule is O=C1NC(=O)/C(=C\c2ccnc(NC3CCC(CNCc4ccc5cc(F)ccc5c4)CC3)n2)S1. The molecule has 3 aromatic rings. The third kappa shape index (κ3) is 6.04. The average molecular weight is 492 g/mol. The van der Waals surface area contributed by atoms with Crippen LogP contribution in [0.25, 0.3) is 16.8 Å². The molecule has 1 aliphatic heterocycles. The van der Waals surface area contributed by atoms with Gasteiger partial charge in [0.2, 0.25) is 5.95 Å². The van der Waals surface area contributed by atoms with E-state index in [0.717, 1.165) is 61.3 Å². The number of benzene rings is 2. The Kier molecular flexibility index (Phi) is 7.06. The highest BCUT2D eigenvalue weighted by Gasteiger charge is 2.25. The van der Waals surface area contributed by atoms with E-state index in [1.807, 2.05) is 12.1 Å². The van der Waals surface area contributed by atoms with Crippen LogP contribution >= 0.6 is 11.8 Å². The predicted octanol–water partition coefficient (Wildman–Crippen LogP) is 4.85. The van der Waals surface area contributed by atoms with E-state index >= 15 is 0 Å². The summed E-state index contributed by atoms with van der Waals surface area (Å²) in [7, 11) is 0. The number of aromatic nitrogens is 2. The number of halogens is 1. The second kappa shape index (κ2) is 10.5. The summed E-state index contributed by atoms with van der Waals surface area (Å²) in [4.78, 5) is 32.2. The molecule has 5 rings (SSSR count). The summed E-state index contributed by atoms with van der Waals surface area (Å²) in [6, 6.07) is 13.0. The molecule has 0 atom stereocenters. The molecule has 0 unspecified atom stereocenters. The van der Waals surface area contributed by atoms with Crippen LogP contribution in [0.2, 0.25) is 0 Å². The number of amides is 2. The van der Waals surface area contributed by atoms with E-state index in [0.29, 0.717) is 28.5 Å². The number of nitrogens with one attached hydrogen (secondary N) is 3. The highest BCUT2D eigenvalue weighted by atomic mass is 32.2. The smallest absolute Gasteiger partial charge is 0.290 e. The first kappa shape index (κ1) is 23.4. The number of hydrogen-bond donors (Lipinski definition) is 3. The van der Waals surface area contributed by atoms with Gasteiger partial charge in [-0.15, -0.1) is 0 Å². The van der Waals surface area contributed by atoms with Crippen molar-refractivity contribution in [1.82, 2.24) is 20.6 Å². The normalized spacial score (nSPS) is 21.5. The van der Waals surface area contributed by atoms with E-state index in [1.54, 1.807) is 24.4 Å². The zero-order valence-corrected chi connectivity index (χ0v) is 19.9. The molecule has 1 saturated heterocycles. The van der Waals surface area contributed by atoms with Gasteiger partial charge in [-0.3, -0.25) is 14.9 Å². The van der Waals surface area contributed by atoms with Gasteiger partial charge in [0.15, 0.2) is 0 Å². The van der Waals surface area contributed by atoms with Crippen molar-refractivity contribution >= 4 is 45.7 Å². The number of anilines is 1. The number of nitrogens with zero attached hydrogens (tertiary/aromatic N) is 2. The molecule has 0 bridgehead atoms. The molecule has 0 radical (unpaired) electrons. The number of carbonyl (C=O) groups excluding carboxylic acids is 2. The largest absolute Gasteiger partial charge is 0.351 e. The van der Waals surface area contributed by atoms with Gasteiger partial charge >= 0.3 is 0 Å². The number of fused-ring (bicyclic) bond motifs is 1. The fraction of sp³-hybridized carbons (Fsp3) is 0.308. The topological polar surface area (TPSA) is 96.0 Å². The van der Waals surface area contributed by atoms with E-state index in [4.69, 9.17) is 0 Å². The summed E-state index contributed by atoms with van der Waals surface area (Å²) in [5, 5.41) is 10.8. The van der Waals surface area contributed by atoms with Gasteiger partial charge in [0.05, 0.1) is 10.6 Å². The minimum atomic E-state index is -0.393. The van der Waals surface area contributed by atoms with Crippen LogP contribution in [-0.2, 0) is 11.3 Å². The Labute approximate surface area is 207 Å². The first-order chi connectivity index (χ1) is 17.0. The van der Waals surface area contributed by atoms with Crippen molar-refractivity contribution in [2.75, 3.05) is 11.9 Å². The van der Waals surface area contributed by atoms with Gasteiger partial charge in [-0.1, -0.05) is 18.2 Å². The fourth-order valence-electron chi connectivity index (χ4n) is 4.57. The molecule has 180 valence electrons. The number of carbonyl (C=O) groups is 2. The lowest BCUT2D eigenvalue weighted by atomic mass is 9.86. The van der Waals surface area contributed by atoms with Crippen molar-refractivity contribution in [3.8, 4) is 0 Å². The van der Waals surface area contributed by atoms with Crippen molar-refractivity contribution in [2.24, 2.45) is 5.92 Å².